The summed E-state index contributed by atoms with van der Waals surface area (Å²) in [6, 6.07) is 3.38. The maximum atomic E-state index is 14.7. The summed E-state index contributed by atoms with van der Waals surface area (Å²) >= 11 is 6.05. The first-order valence-electron chi connectivity index (χ1n) is 6.42. The van der Waals surface area contributed by atoms with Crippen molar-refractivity contribution < 1.29 is 9.18 Å². The molecule has 0 unspecified atom stereocenters. The second-order valence-electron chi connectivity index (χ2n) is 4.80. The molecule has 0 fully saturated rings. The van der Waals surface area contributed by atoms with Crippen molar-refractivity contribution in [3.63, 3.8) is 0 Å². The van der Waals surface area contributed by atoms with Gasteiger partial charge in [0, 0.05) is 24.0 Å². The van der Waals surface area contributed by atoms with Gasteiger partial charge in [0.2, 0.25) is 0 Å². The average Bonchev–Trinajstić information content (AvgIpc) is 2.71. The number of fused-ring (bicyclic) bond motifs is 1. The summed E-state index contributed by atoms with van der Waals surface area (Å²) in [6.45, 7) is 0.653. The van der Waals surface area contributed by atoms with E-state index in [1.165, 1.54) is 0 Å². The van der Waals surface area contributed by atoms with Crippen molar-refractivity contribution in [2.45, 2.75) is 25.8 Å². The highest BCUT2D eigenvalue weighted by atomic mass is 35.5. The van der Waals surface area contributed by atoms with Crippen molar-refractivity contribution in [1.29, 1.82) is 0 Å². The third kappa shape index (κ3) is 1.89. The summed E-state index contributed by atoms with van der Waals surface area (Å²) in [4.78, 5) is 15.5. The van der Waals surface area contributed by atoms with E-state index < -0.39 is 11.7 Å². The van der Waals surface area contributed by atoms with Crippen molar-refractivity contribution >= 4 is 17.5 Å². The Hall–Kier alpha value is -1.88. The van der Waals surface area contributed by atoms with Gasteiger partial charge < -0.3 is 10.3 Å². The SMILES string of the molecule is NC(=O)c1c(F)c(-c2cccnc2Cl)n2c1CCCC2. The van der Waals surface area contributed by atoms with E-state index in [1.54, 1.807) is 18.3 Å². The fraction of sp³-hybridized carbons (Fsp3) is 0.286. The lowest BCUT2D eigenvalue weighted by Gasteiger charge is -2.18. The van der Waals surface area contributed by atoms with Crippen LogP contribution in [0.5, 0.6) is 0 Å². The molecule has 3 rings (SSSR count). The summed E-state index contributed by atoms with van der Waals surface area (Å²) in [6.07, 6.45) is 4.04. The average molecular weight is 294 g/mol. The largest absolute Gasteiger partial charge is 0.365 e. The van der Waals surface area contributed by atoms with Gasteiger partial charge in [0.25, 0.3) is 5.91 Å². The molecule has 0 aliphatic carbocycles. The van der Waals surface area contributed by atoms with Gasteiger partial charge in [0.15, 0.2) is 5.82 Å². The van der Waals surface area contributed by atoms with Crippen LogP contribution < -0.4 is 5.73 Å². The third-order valence-electron chi connectivity index (χ3n) is 3.62. The first kappa shape index (κ1) is 13.1. The fourth-order valence-corrected chi connectivity index (χ4v) is 2.99. The molecular formula is C14H13ClFN3O. The van der Waals surface area contributed by atoms with Gasteiger partial charge in [0.1, 0.15) is 5.15 Å². The Morgan fingerprint density at radius 1 is 1.45 bits per heavy atom. The second-order valence-corrected chi connectivity index (χ2v) is 5.16. The zero-order chi connectivity index (χ0) is 14.3. The fourth-order valence-electron chi connectivity index (χ4n) is 2.78. The molecule has 1 amide bonds. The normalized spacial score (nSPS) is 14.1. The van der Waals surface area contributed by atoms with Gasteiger partial charge in [-0.1, -0.05) is 11.6 Å². The van der Waals surface area contributed by atoms with Crippen LogP contribution in [0.2, 0.25) is 5.15 Å². The van der Waals surface area contributed by atoms with Crippen molar-refractivity contribution in [1.82, 2.24) is 9.55 Å². The van der Waals surface area contributed by atoms with E-state index in [0.29, 0.717) is 29.9 Å². The van der Waals surface area contributed by atoms with E-state index in [9.17, 15) is 9.18 Å². The van der Waals surface area contributed by atoms with E-state index in [4.69, 9.17) is 17.3 Å². The standard InChI is InChI=1S/C14H13ClFN3O/c15-13-8(4-3-6-18-13)12-11(16)10(14(17)20)9-5-1-2-7-19(9)12/h3-4,6H,1-2,5,7H2,(H2,17,20). The number of nitrogens with two attached hydrogens (primary N) is 1. The summed E-state index contributed by atoms with van der Waals surface area (Å²) in [5.74, 6) is -1.33. The smallest absolute Gasteiger partial charge is 0.253 e. The molecule has 0 bridgehead atoms. The second kappa shape index (κ2) is 4.90. The van der Waals surface area contributed by atoms with Gasteiger partial charge in [-0.3, -0.25) is 4.79 Å². The lowest BCUT2D eigenvalue weighted by Crippen LogP contribution is -2.17. The molecule has 0 aromatic carbocycles. The number of pyridine rings is 1. The molecule has 2 aromatic heterocycles. The lowest BCUT2D eigenvalue weighted by atomic mass is 10.1. The van der Waals surface area contributed by atoms with E-state index in [1.807, 2.05) is 4.57 Å². The van der Waals surface area contributed by atoms with Gasteiger partial charge in [-0.25, -0.2) is 9.37 Å². The number of rotatable bonds is 2. The van der Waals surface area contributed by atoms with Gasteiger partial charge in [-0.15, -0.1) is 0 Å². The number of nitrogens with zero attached hydrogens (tertiary/aromatic N) is 2. The Labute approximate surface area is 120 Å². The molecule has 0 saturated carbocycles. The van der Waals surface area contributed by atoms with Crippen LogP contribution in [-0.4, -0.2) is 15.5 Å². The first-order valence-corrected chi connectivity index (χ1v) is 6.80. The number of halogens is 2. The molecule has 0 atom stereocenters. The number of carbonyl (C=O) groups excluding carboxylic acids is 1. The highest BCUT2D eigenvalue weighted by molar-refractivity contribution is 6.32. The van der Waals surface area contributed by atoms with E-state index in [-0.39, 0.29) is 10.7 Å². The minimum atomic E-state index is -0.737. The molecule has 0 spiro atoms. The van der Waals surface area contributed by atoms with Gasteiger partial charge in [-0.2, -0.15) is 0 Å². The summed E-state index contributed by atoms with van der Waals surface area (Å²) in [5, 5.41) is 0.216. The van der Waals surface area contributed by atoms with Crippen LogP contribution in [0.1, 0.15) is 28.9 Å². The van der Waals surface area contributed by atoms with Crippen LogP contribution in [0.3, 0.4) is 0 Å². The maximum Gasteiger partial charge on any atom is 0.253 e. The molecular weight excluding hydrogens is 281 g/mol. The number of hydrogen-bond acceptors (Lipinski definition) is 2. The highest BCUT2D eigenvalue weighted by Crippen LogP contribution is 2.36. The number of primary amides is 1. The van der Waals surface area contributed by atoms with E-state index in [2.05, 4.69) is 4.98 Å². The number of hydrogen-bond donors (Lipinski definition) is 1. The van der Waals surface area contributed by atoms with Crippen molar-refractivity contribution in [2.24, 2.45) is 5.73 Å². The maximum absolute atomic E-state index is 14.7. The monoisotopic (exact) mass is 293 g/mol. The van der Waals surface area contributed by atoms with Crippen LogP contribution in [-0.2, 0) is 13.0 Å². The predicted molar refractivity (Wildman–Crippen MR) is 74.1 cm³/mol. The topological polar surface area (TPSA) is 60.9 Å². The van der Waals surface area contributed by atoms with Crippen molar-refractivity contribution in [3.05, 3.63) is 40.6 Å². The summed E-state index contributed by atoms with van der Waals surface area (Å²) in [5.41, 5.74) is 6.78. The first-order chi connectivity index (χ1) is 9.61. The molecule has 3 heterocycles. The molecule has 1 aliphatic rings. The zero-order valence-corrected chi connectivity index (χ0v) is 11.5. The predicted octanol–water partition coefficient (Wildman–Crippen LogP) is 2.78. The van der Waals surface area contributed by atoms with Gasteiger partial charge >= 0.3 is 0 Å². The van der Waals surface area contributed by atoms with Crippen LogP contribution in [0.25, 0.3) is 11.3 Å². The Kier molecular flexibility index (Phi) is 3.22. The third-order valence-corrected chi connectivity index (χ3v) is 3.92. The van der Waals surface area contributed by atoms with Crippen molar-refractivity contribution in [3.8, 4) is 11.3 Å². The Morgan fingerprint density at radius 3 is 2.95 bits per heavy atom. The van der Waals surface area contributed by atoms with Crippen LogP contribution in [0.15, 0.2) is 18.3 Å². The Bertz CT molecular complexity index is 696. The minimum absolute atomic E-state index is 0.0142. The molecule has 1 aliphatic heterocycles. The molecule has 104 valence electrons. The number of amides is 1. The lowest BCUT2D eigenvalue weighted by molar-refractivity contribution is 0.0995. The molecule has 20 heavy (non-hydrogen) atoms. The number of aromatic nitrogens is 2. The minimum Gasteiger partial charge on any atom is -0.365 e. The molecule has 6 heteroatoms. The molecule has 2 N–H and O–H groups in total. The quantitative estimate of drug-likeness (QED) is 0.866. The Balaban J connectivity index is 2.31. The molecule has 2 aromatic rings. The van der Waals surface area contributed by atoms with E-state index >= 15 is 0 Å². The molecule has 0 saturated heterocycles. The van der Waals surface area contributed by atoms with Crippen LogP contribution in [0.4, 0.5) is 4.39 Å². The van der Waals surface area contributed by atoms with Crippen molar-refractivity contribution in [2.75, 3.05) is 0 Å². The number of carbonyl (C=O) groups is 1. The molecule has 4 nitrogen and oxygen atoms in total. The summed E-state index contributed by atoms with van der Waals surface area (Å²) in [7, 11) is 0. The van der Waals surface area contributed by atoms with Gasteiger partial charge in [-0.05, 0) is 31.4 Å². The van der Waals surface area contributed by atoms with Crippen LogP contribution >= 0.6 is 11.6 Å². The van der Waals surface area contributed by atoms with Gasteiger partial charge in [0.05, 0.1) is 11.3 Å². The van der Waals surface area contributed by atoms with Crippen LogP contribution in [0, 0.1) is 5.82 Å². The summed E-state index contributed by atoms with van der Waals surface area (Å²) < 4.78 is 16.5. The Morgan fingerprint density at radius 2 is 2.25 bits per heavy atom. The van der Waals surface area contributed by atoms with E-state index in [0.717, 1.165) is 12.8 Å². The molecule has 0 radical (unpaired) electrons. The zero-order valence-electron chi connectivity index (χ0n) is 10.7. The highest BCUT2D eigenvalue weighted by Gasteiger charge is 2.29.